The molecule has 7 nitrogen and oxygen atoms in total. The van der Waals surface area contributed by atoms with Crippen LogP contribution in [0.5, 0.6) is 0 Å². The lowest BCUT2D eigenvalue weighted by molar-refractivity contribution is 0.0237. The van der Waals surface area contributed by atoms with Gasteiger partial charge in [0.25, 0.3) is 0 Å². The van der Waals surface area contributed by atoms with Crippen LogP contribution in [0.2, 0.25) is 0 Å². The van der Waals surface area contributed by atoms with Crippen molar-refractivity contribution >= 4 is 44.0 Å². The van der Waals surface area contributed by atoms with Gasteiger partial charge in [0.15, 0.2) is 0 Å². The molecule has 3 aromatic rings. The SMILES string of the molecule is CCCCOCCn1c(CN(CC)C(=O)OC(C)(C)C)nc2cnc3cc(Br)ccc3c21. The molecule has 0 N–H and O–H groups in total. The molecular weight excluding hydrogens is 472 g/mol. The number of unbranched alkanes of at least 4 members (excludes halogenated alkanes) is 1. The number of amides is 1. The van der Waals surface area contributed by atoms with E-state index >= 15 is 0 Å². The minimum absolute atomic E-state index is 0.343. The summed E-state index contributed by atoms with van der Waals surface area (Å²) in [4.78, 5) is 23.8. The fourth-order valence-electron chi connectivity index (χ4n) is 3.50. The number of ether oxygens (including phenoxy) is 2. The first-order chi connectivity index (χ1) is 15.2. The van der Waals surface area contributed by atoms with Gasteiger partial charge in [0.2, 0.25) is 0 Å². The third-order valence-electron chi connectivity index (χ3n) is 5.08. The van der Waals surface area contributed by atoms with E-state index in [1.165, 1.54) is 0 Å². The molecule has 0 aliphatic heterocycles. The number of benzene rings is 1. The molecule has 174 valence electrons. The zero-order chi connectivity index (χ0) is 23.3. The average Bonchev–Trinajstić information content (AvgIpc) is 3.07. The van der Waals surface area contributed by atoms with Gasteiger partial charge in [-0.3, -0.25) is 4.98 Å². The van der Waals surface area contributed by atoms with Gasteiger partial charge in [0.1, 0.15) is 16.9 Å². The normalized spacial score (nSPS) is 11.9. The molecular formula is C24H33BrN4O3. The Hall–Kier alpha value is -2.19. The average molecular weight is 505 g/mol. The number of fused-ring (bicyclic) bond motifs is 3. The van der Waals surface area contributed by atoms with E-state index < -0.39 is 5.60 Å². The largest absolute Gasteiger partial charge is 0.444 e. The summed E-state index contributed by atoms with van der Waals surface area (Å²) >= 11 is 3.53. The number of aromatic nitrogens is 3. The van der Waals surface area contributed by atoms with Crippen molar-refractivity contribution in [1.29, 1.82) is 0 Å². The van der Waals surface area contributed by atoms with Gasteiger partial charge in [-0.2, -0.15) is 0 Å². The van der Waals surface area contributed by atoms with Crippen molar-refractivity contribution in [3.63, 3.8) is 0 Å². The van der Waals surface area contributed by atoms with E-state index in [-0.39, 0.29) is 6.09 Å². The maximum absolute atomic E-state index is 12.7. The first-order valence-corrected chi connectivity index (χ1v) is 12.0. The van der Waals surface area contributed by atoms with Crippen LogP contribution < -0.4 is 0 Å². The van der Waals surface area contributed by atoms with E-state index in [0.717, 1.165) is 51.7 Å². The van der Waals surface area contributed by atoms with Gasteiger partial charge in [-0.05, 0) is 52.3 Å². The van der Waals surface area contributed by atoms with Crippen LogP contribution in [0, 0.1) is 0 Å². The van der Waals surface area contributed by atoms with Gasteiger partial charge < -0.3 is 18.9 Å². The van der Waals surface area contributed by atoms with Gasteiger partial charge in [-0.1, -0.05) is 29.3 Å². The molecule has 0 atom stereocenters. The highest BCUT2D eigenvalue weighted by Gasteiger charge is 2.24. The Morgan fingerprint density at radius 1 is 1.19 bits per heavy atom. The van der Waals surface area contributed by atoms with Crippen LogP contribution >= 0.6 is 15.9 Å². The van der Waals surface area contributed by atoms with Gasteiger partial charge in [-0.15, -0.1) is 0 Å². The van der Waals surface area contributed by atoms with Crippen LogP contribution in [0.4, 0.5) is 4.79 Å². The van der Waals surface area contributed by atoms with E-state index in [1.54, 1.807) is 11.1 Å². The summed E-state index contributed by atoms with van der Waals surface area (Å²) in [5.74, 6) is 0.795. The van der Waals surface area contributed by atoms with Crippen molar-refractivity contribution < 1.29 is 14.3 Å². The molecule has 1 aromatic carbocycles. The van der Waals surface area contributed by atoms with Crippen LogP contribution in [0.25, 0.3) is 21.9 Å². The molecule has 0 aliphatic carbocycles. The second-order valence-electron chi connectivity index (χ2n) is 8.79. The molecule has 0 fully saturated rings. The molecule has 0 unspecified atom stereocenters. The monoisotopic (exact) mass is 504 g/mol. The third-order valence-corrected chi connectivity index (χ3v) is 5.57. The summed E-state index contributed by atoms with van der Waals surface area (Å²) in [5.41, 5.74) is 2.16. The number of hydrogen-bond donors (Lipinski definition) is 0. The molecule has 8 heteroatoms. The summed E-state index contributed by atoms with van der Waals surface area (Å²) in [6.45, 7) is 12.6. The van der Waals surface area contributed by atoms with Crippen LogP contribution in [-0.4, -0.2) is 50.9 Å². The lowest BCUT2D eigenvalue weighted by atomic mass is 10.2. The maximum atomic E-state index is 12.7. The number of pyridine rings is 1. The van der Waals surface area contributed by atoms with Crippen LogP contribution in [0.1, 0.15) is 53.3 Å². The predicted molar refractivity (Wildman–Crippen MR) is 131 cm³/mol. The van der Waals surface area contributed by atoms with Crippen molar-refractivity contribution in [1.82, 2.24) is 19.4 Å². The van der Waals surface area contributed by atoms with E-state index in [2.05, 4.69) is 38.5 Å². The van der Waals surface area contributed by atoms with Crippen molar-refractivity contribution in [3.05, 3.63) is 34.7 Å². The van der Waals surface area contributed by atoms with Gasteiger partial charge in [0, 0.05) is 29.6 Å². The second kappa shape index (κ2) is 10.6. The first-order valence-electron chi connectivity index (χ1n) is 11.2. The Morgan fingerprint density at radius 2 is 1.97 bits per heavy atom. The molecule has 3 rings (SSSR count). The summed E-state index contributed by atoms with van der Waals surface area (Å²) in [6, 6.07) is 6.07. The summed E-state index contributed by atoms with van der Waals surface area (Å²) < 4.78 is 14.6. The molecule has 0 bridgehead atoms. The molecule has 1 amide bonds. The lowest BCUT2D eigenvalue weighted by Gasteiger charge is -2.26. The molecule has 0 aliphatic rings. The van der Waals surface area contributed by atoms with Crippen LogP contribution in [-0.2, 0) is 22.6 Å². The number of imidazole rings is 1. The van der Waals surface area contributed by atoms with E-state index in [0.29, 0.717) is 26.2 Å². The Kier molecular flexibility index (Phi) is 8.11. The number of hydrogen-bond acceptors (Lipinski definition) is 5. The minimum atomic E-state index is -0.550. The number of carbonyl (C=O) groups excluding carboxylic acids is 1. The molecule has 0 radical (unpaired) electrons. The summed E-state index contributed by atoms with van der Waals surface area (Å²) in [5, 5.41) is 1.03. The third kappa shape index (κ3) is 5.98. The highest BCUT2D eigenvalue weighted by Crippen LogP contribution is 2.28. The smallest absolute Gasteiger partial charge is 0.410 e. The Morgan fingerprint density at radius 3 is 2.66 bits per heavy atom. The van der Waals surface area contributed by atoms with Crippen molar-refractivity contribution in [2.45, 2.75) is 66.2 Å². The van der Waals surface area contributed by atoms with Crippen LogP contribution in [0.3, 0.4) is 0 Å². The standard InChI is InChI=1S/C24H33BrN4O3/c1-6-8-12-31-13-11-29-21(16-28(7-2)23(30)32-24(3,4)5)27-20-15-26-19-14-17(25)9-10-18(19)22(20)29/h9-10,14-15H,6-8,11-13,16H2,1-5H3. The number of nitrogens with zero attached hydrogens (tertiary/aromatic N) is 4. The predicted octanol–water partition coefficient (Wildman–Crippen LogP) is 5.92. The molecule has 2 heterocycles. The second-order valence-corrected chi connectivity index (χ2v) is 9.71. The van der Waals surface area contributed by atoms with E-state index in [1.807, 2.05) is 39.8 Å². The van der Waals surface area contributed by atoms with Gasteiger partial charge in [-0.25, -0.2) is 9.78 Å². The fraction of sp³-hybridized carbons (Fsp3) is 0.542. The van der Waals surface area contributed by atoms with Gasteiger partial charge in [0.05, 0.1) is 30.4 Å². The molecule has 0 spiro atoms. The lowest BCUT2D eigenvalue weighted by Crippen LogP contribution is -2.37. The number of halogens is 1. The van der Waals surface area contributed by atoms with E-state index in [9.17, 15) is 4.79 Å². The summed E-state index contributed by atoms with van der Waals surface area (Å²) in [7, 11) is 0. The van der Waals surface area contributed by atoms with Gasteiger partial charge >= 0.3 is 6.09 Å². The Labute approximate surface area is 198 Å². The fourth-order valence-corrected chi connectivity index (χ4v) is 3.85. The number of carbonyl (C=O) groups is 1. The number of rotatable bonds is 9. The minimum Gasteiger partial charge on any atom is -0.444 e. The Balaban J connectivity index is 1.99. The molecule has 32 heavy (non-hydrogen) atoms. The zero-order valence-electron chi connectivity index (χ0n) is 19.7. The molecule has 2 aromatic heterocycles. The Bertz CT molecular complexity index is 1070. The zero-order valence-corrected chi connectivity index (χ0v) is 21.2. The van der Waals surface area contributed by atoms with Crippen molar-refractivity contribution in [3.8, 4) is 0 Å². The first kappa shape index (κ1) is 24.5. The maximum Gasteiger partial charge on any atom is 0.410 e. The topological polar surface area (TPSA) is 69.5 Å². The highest BCUT2D eigenvalue weighted by molar-refractivity contribution is 9.10. The quantitative estimate of drug-likeness (QED) is 0.338. The van der Waals surface area contributed by atoms with Crippen molar-refractivity contribution in [2.24, 2.45) is 0 Å². The van der Waals surface area contributed by atoms with Crippen molar-refractivity contribution in [2.75, 3.05) is 19.8 Å². The molecule has 0 saturated heterocycles. The summed E-state index contributed by atoms with van der Waals surface area (Å²) in [6.07, 6.45) is 3.60. The highest BCUT2D eigenvalue weighted by atomic mass is 79.9. The van der Waals surface area contributed by atoms with Crippen LogP contribution in [0.15, 0.2) is 28.9 Å². The van der Waals surface area contributed by atoms with E-state index in [4.69, 9.17) is 14.5 Å². The molecule has 0 saturated carbocycles.